The highest BCUT2D eigenvalue weighted by molar-refractivity contribution is 5.90. The lowest BCUT2D eigenvalue weighted by Crippen LogP contribution is -2.59. The van der Waals surface area contributed by atoms with Crippen LogP contribution in [0, 0.1) is 23.7 Å². The summed E-state index contributed by atoms with van der Waals surface area (Å²) in [7, 11) is 0. The van der Waals surface area contributed by atoms with E-state index in [1.165, 1.54) is 6.92 Å². The Morgan fingerprint density at radius 3 is 2.65 bits per heavy atom. The molecule has 2 saturated heterocycles. The highest BCUT2D eigenvalue weighted by Crippen LogP contribution is 2.62. The lowest BCUT2D eigenvalue weighted by molar-refractivity contribution is -0.148. The first kappa shape index (κ1) is 22.2. The van der Waals surface area contributed by atoms with Gasteiger partial charge in [0.2, 0.25) is 0 Å². The number of fused-ring (bicyclic) bond motifs is 2. The number of aliphatic hydroxyl groups excluding tert-OH is 1. The number of Topliss-reactive ketones (excluding diaryl/α,β-unsaturated/α-hetero) is 1. The van der Waals surface area contributed by atoms with Crippen LogP contribution >= 0.6 is 0 Å². The first-order chi connectivity index (χ1) is 14.6. The molecule has 1 aromatic rings. The number of rotatable bonds is 7. The molecule has 4 rings (SSSR count). The standard InChI is InChI=1S/C25H33NO5/c1-14(21(28)16(3)27)9-8-12-18-22-24(4,31-22)15(2)20-19(26-23(29)25(18,20)30)13-17-10-6-5-7-11-17/h5-8,10-12,14-15,18-22,28,30H,9,13H2,1-4H3,(H,26,29)/b12-8+/t14-,15-,18-,19-,20-,21+,22-,24+,25+/m0/s1. The van der Waals surface area contributed by atoms with Gasteiger partial charge in [0.15, 0.2) is 11.4 Å². The summed E-state index contributed by atoms with van der Waals surface area (Å²) in [6.07, 6.45) is 3.62. The summed E-state index contributed by atoms with van der Waals surface area (Å²) in [5.74, 6) is -1.58. The van der Waals surface area contributed by atoms with Crippen LogP contribution < -0.4 is 5.32 Å². The zero-order chi connectivity index (χ0) is 22.6. The minimum atomic E-state index is -1.54. The van der Waals surface area contributed by atoms with Gasteiger partial charge in [0, 0.05) is 17.9 Å². The van der Waals surface area contributed by atoms with Gasteiger partial charge in [-0.25, -0.2) is 0 Å². The molecule has 0 radical (unpaired) electrons. The zero-order valence-electron chi connectivity index (χ0n) is 18.6. The van der Waals surface area contributed by atoms with Gasteiger partial charge in [-0.2, -0.15) is 0 Å². The van der Waals surface area contributed by atoms with Crippen molar-refractivity contribution in [3.05, 3.63) is 48.0 Å². The lowest BCUT2D eigenvalue weighted by Gasteiger charge is -2.43. The molecule has 2 heterocycles. The van der Waals surface area contributed by atoms with Crippen molar-refractivity contribution in [2.75, 3.05) is 0 Å². The number of hydrogen-bond acceptors (Lipinski definition) is 5. The molecule has 3 aliphatic rings. The number of ether oxygens (including phenoxy) is 1. The molecule has 3 N–H and O–H groups in total. The van der Waals surface area contributed by atoms with Crippen molar-refractivity contribution in [3.63, 3.8) is 0 Å². The van der Waals surface area contributed by atoms with Crippen molar-refractivity contribution in [2.45, 2.75) is 70.0 Å². The molecule has 0 spiro atoms. The molecule has 1 aliphatic carbocycles. The topological polar surface area (TPSA) is 99.2 Å². The predicted octanol–water partition coefficient (Wildman–Crippen LogP) is 2.03. The van der Waals surface area contributed by atoms with Gasteiger partial charge >= 0.3 is 0 Å². The summed E-state index contributed by atoms with van der Waals surface area (Å²) in [6.45, 7) is 7.32. The molecule has 1 saturated carbocycles. The normalized spacial score (nSPS) is 40.7. The van der Waals surface area contributed by atoms with Crippen LogP contribution in [0.15, 0.2) is 42.5 Å². The smallest absolute Gasteiger partial charge is 0.253 e. The fourth-order valence-electron chi connectivity index (χ4n) is 5.82. The molecule has 1 amide bonds. The Kier molecular flexibility index (Phi) is 5.61. The number of benzene rings is 1. The number of ketones is 1. The van der Waals surface area contributed by atoms with Crippen molar-refractivity contribution in [1.82, 2.24) is 5.32 Å². The minimum absolute atomic E-state index is 0.0123. The number of carbonyl (C=O) groups excluding carboxylic acids is 2. The number of nitrogens with one attached hydrogen (secondary N) is 1. The predicted molar refractivity (Wildman–Crippen MR) is 116 cm³/mol. The molecule has 31 heavy (non-hydrogen) atoms. The van der Waals surface area contributed by atoms with Gasteiger partial charge in [-0.15, -0.1) is 0 Å². The number of amides is 1. The molecule has 3 fully saturated rings. The van der Waals surface area contributed by atoms with E-state index in [9.17, 15) is 19.8 Å². The number of aliphatic hydroxyl groups is 2. The summed E-state index contributed by atoms with van der Waals surface area (Å²) >= 11 is 0. The Labute approximate surface area is 183 Å². The zero-order valence-corrected chi connectivity index (χ0v) is 18.6. The summed E-state index contributed by atoms with van der Waals surface area (Å²) < 4.78 is 6.09. The maximum atomic E-state index is 13.1. The Bertz CT molecular complexity index is 885. The maximum absolute atomic E-state index is 13.1. The molecule has 2 aliphatic heterocycles. The molecule has 6 nitrogen and oxygen atoms in total. The Morgan fingerprint density at radius 1 is 1.32 bits per heavy atom. The number of carbonyl (C=O) groups is 2. The van der Waals surface area contributed by atoms with E-state index in [1.54, 1.807) is 0 Å². The van der Waals surface area contributed by atoms with E-state index in [0.29, 0.717) is 12.8 Å². The van der Waals surface area contributed by atoms with Crippen molar-refractivity contribution in [2.24, 2.45) is 23.7 Å². The summed E-state index contributed by atoms with van der Waals surface area (Å²) in [4.78, 5) is 24.5. The Hall–Kier alpha value is -2.02. The SMILES string of the molecule is CC(=O)[C@H](O)[C@@H](C)C/C=C/[C@H]1[C@@H]2O[C@]2(C)[C@@H](C)[C@H]2[C@H](Cc3ccccc3)NC(=O)[C@]21O. The third-order valence-electron chi connectivity index (χ3n) is 7.89. The average molecular weight is 428 g/mol. The van der Waals surface area contributed by atoms with Crippen LogP contribution in [0.4, 0.5) is 0 Å². The van der Waals surface area contributed by atoms with E-state index >= 15 is 0 Å². The summed E-state index contributed by atoms with van der Waals surface area (Å²) in [5, 5.41) is 24.8. The molecule has 168 valence electrons. The van der Waals surface area contributed by atoms with Crippen molar-refractivity contribution in [1.29, 1.82) is 0 Å². The van der Waals surface area contributed by atoms with Crippen LogP contribution in [-0.4, -0.2) is 51.4 Å². The van der Waals surface area contributed by atoms with Gasteiger partial charge in [-0.3, -0.25) is 9.59 Å². The van der Waals surface area contributed by atoms with Crippen LogP contribution in [0.1, 0.15) is 39.7 Å². The molecule has 0 aromatic heterocycles. The van der Waals surface area contributed by atoms with Gasteiger partial charge in [-0.1, -0.05) is 56.3 Å². The summed E-state index contributed by atoms with van der Waals surface area (Å²) in [6, 6.07) is 9.82. The van der Waals surface area contributed by atoms with Crippen LogP contribution in [0.3, 0.4) is 0 Å². The first-order valence-corrected chi connectivity index (χ1v) is 11.2. The monoisotopic (exact) mass is 427 g/mol. The van der Waals surface area contributed by atoms with Gasteiger partial charge in [0.05, 0.1) is 11.7 Å². The second-order valence-corrected chi connectivity index (χ2v) is 9.85. The highest BCUT2D eigenvalue weighted by atomic mass is 16.6. The van der Waals surface area contributed by atoms with Crippen LogP contribution in [0.25, 0.3) is 0 Å². The molecule has 9 atom stereocenters. The van der Waals surface area contributed by atoms with Gasteiger partial charge in [-0.05, 0) is 44.1 Å². The van der Waals surface area contributed by atoms with E-state index in [2.05, 4.69) is 19.2 Å². The van der Waals surface area contributed by atoms with Crippen molar-refractivity contribution >= 4 is 11.7 Å². The molecule has 1 aromatic carbocycles. The highest BCUT2D eigenvalue weighted by Gasteiger charge is 2.76. The lowest BCUT2D eigenvalue weighted by atomic mass is 9.59. The summed E-state index contributed by atoms with van der Waals surface area (Å²) in [5.41, 5.74) is -0.803. The van der Waals surface area contributed by atoms with Gasteiger partial charge in [0.25, 0.3) is 5.91 Å². The van der Waals surface area contributed by atoms with Gasteiger partial charge < -0.3 is 20.3 Å². The van der Waals surface area contributed by atoms with E-state index in [0.717, 1.165) is 5.56 Å². The van der Waals surface area contributed by atoms with Crippen LogP contribution in [0.5, 0.6) is 0 Å². The minimum Gasteiger partial charge on any atom is -0.385 e. The fourth-order valence-corrected chi connectivity index (χ4v) is 5.82. The second kappa shape index (κ2) is 7.84. The van der Waals surface area contributed by atoms with Crippen molar-refractivity contribution in [3.8, 4) is 0 Å². The Morgan fingerprint density at radius 2 is 2.00 bits per heavy atom. The van der Waals surface area contributed by atoms with E-state index in [4.69, 9.17) is 4.74 Å². The molecule has 0 unspecified atom stereocenters. The number of epoxide rings is 1. The number of allylic oxidation sites excluding steroid dienone is 1. The van der Waals surface area contributed by atoms with Crippen LogP contribution in [0.2, 0.25) is 0 Å². The Balaban J connectivity index is 1.59. The molecule has 6 heteroatoms. The maximum Gasteiger partial charge on any atom is 0.253 e. The third kappa shape index (κ3) is 3.55. The van der Waals surface area contributed by atoms with E-state index in [-0.39, 0.29) is 47.2 Å². The van der Waals surface area contributed by atoms with E-state index < -0.39 is 17.6 Å². The molecular weight excluding hydrogens is 394 g/mol. The van der Waals surface area contributed by atoms with Crippen molar-refractivity contribution < 1.29 is 24.5 Å². The number of hydrogen-bond donors (Lipinski definition) is 3. The quantitative estimate of drug-likeness (QED) is 0.457. The largest absolute Gasteiger partial charge is 0.385 e. The fraction of sp³-hybridized carbons (Fsp3) is 0.600. The van der Waals surface area contributed by atoms with Gasteiger partial charge in [0.1, 0.15) is 6.10 Å². The third-order valence-corrected chi connectivity index (χ3v) is 7.89. The first-order valence-electron chi connectivity index (χ1n) is 11.2. The molecular formula is C25H33NO5. The van der Waals surface area contributed by atoms with E-state index in [1.807, 2.05) is 49.4 Å². The molecule has 0 bridgehead atoms. The second-order valence-electron chi connectivity index (χ2n) is 9.85. The average Bonchev–Trinajstić information content (AvgIpc) is 3.36. The van der Waals surface area contributed by atoms with Crippen LogP contribution in [-0.2, 0) is 20.7 Å².